The topological polar surface area (TPSA) is 29.1 Å². The quantitative estimate of drug-likeness (QED) is 0.828. The number of nitrogens with one attached hydrogen (secondary N) is 1. The lowest BCUT2D eigenvalue weighted by Crippen LogP contribution is -2.21. The van der Waals surface area contributed by atoms with E-state index in [0.29, 0.717) is 11.8 Å². The molecule has 0 bridgehead atoms. The summed E-state index contributed by atoms with van der Waals surface area (Å²) in [5, 5.41) is 3.91. The molecule has 0 saturated carbocycles. The maximum Gasteiger partial charge on any atom is 0.0485 e. The Hall–Kier alpha value is -0.380. The Labute approximate surface area is 111 Å². The van der Waals surface area contributed by atoms with E-state index in [4.69, 9.17) is 11.6 Å². The summed E-state index contributed by atoms with van der Waals surface area (Å²) in [4.78, 5) is 0. The Morgan fingerprint density at radius 2 is 2.00 bits per heavy atom. The summed E-state index contributed by atoms with van der Waals surface area (Å²) in [6, 6.07) is 8.07. The van der Waals surface area contributed by atoms with Crippen LogP contribution in [0.25, 0.3) is 0 Å². The van der Waals surface area contributed by atoms with Crippen molar-refractivity contribution in [1.82, 2.24) is 5.32 Å². The number of benzene rings is 1. The van der Waals surface area contributed by atoms with Gasteiger partial charge in [0.25, 0.3) is 0 Å². The van der Waals surface area contributed by atoms with Crippen LogP contribution in [-0.4, -0.2) is 23.1 Å². The molecule has 96 valence electrons. The average Bonchev–Trinajstić information content (AvgIpc) is 2.32. The van der Waals surface area contributed by atoms with Gasteiger partial charge in [0.15, 0.2) is 0 Å². The van der Waals surface area contributed by atoms with Crippen LogP contribution in [0.2, 0.25) is 5.02 Å². The zero-order chi connectivity index (χ0) is 12.7. The van der Waals surface area contributed by atoms with E-state index in [9.17, 15) is 4.21 Å². The summed E-state index contributed by atoms with van der Waals surface area (Å²) in [7, 11) is 1.19. The molecule has 4 heteroatoms. The van der Waals surface area contributed by atoms with Crippen molar-refractivity contribution in [2.75, 3.05) is 12.8 Å². The Kier molecular flexibility index (Phi) is 6.78. The average molecular weight is 274 g/mol. The molecule has 0 radical (unpaired) electrons. The van der Waals surface area contributed by atoms with E-state index in [0.717, 1.165) is 29.2 Å². The van der Waals surface area contributed by atoms with Gasteiger partial charge in [-0.05, 0) is 44.5 Å². The van der Waals surface area contributed by atoms with Gasteiger partial charge < -0.3 is 5.32 Å². The Morgan fingerprint density at radius 3 is 2.59 bits per heavy atom. The molecular weight excluding hydrogens is 254 g/mol. The summed E-state index contributed by atoms with van der Waals surface area (Å²) in [6.45, 7) is 2.14. The lowest BCUT2D eigenvalue weighted by molar-refractivity contribution is 0.557. The van der Waals surface area contributed by atoms with E-state index in [1.807, 2.05) is 31.3 Å². The third kappa shape index (κ3) is 6.20. The molecule has 0 aliphatic heterocycles. The highest BCUT2D eigenvalue weighted by molar-refractivity contribution is 7.84. The number of hydrogen-bond acceptors (Lipinski definition) is 2. The van der Waals surface area contributed by atoms with Crippen molar-refractivity contribution in [1.29, 1.82) is 0 Å². The van der Waals surface area contributed by atoms with E-state index in [1.54, 1.807) is 0 Å². The van der Waals surface area contributed by atoms with Gasteiger partial charge in [0, 0.05) is 33.4 Å². The molecule has 17 heavy (non-hydrogen) atoms. The summed E-state index contributed by atoms with van der Waals surface area (Å²) in [5.41, 5.74) is 1.09. The minimum atomic E-state index is -0.767. The fraction of sp³-hybridized carbons (Fsp3) is 0.538. The van der Waals surface area contributed by atoms with Gasteiger partial charge in [-0.2, -0.15) is 0 Å². The SMILES string of the molecule is CNC(C)CCCS(=O)Cc1ccc(Cl)cc1. The van der Waals surface area contributed by atoms with Gasteiger partial charge in [0.05, 0.1) is 0 Å². The standard InChI is InChI=1S/C13H20ClNOS/c1-11(15-2)4-3-9-17(16)10-12-5-7-13(14)8-6-12/h5-8,11,15H,3-4,9-10H2,1-2H3. The molecule has 0 spiro atoms. The normalized spacial score (nSPS) is 14.5. The van der Waals surface area contributed by atoms with Crippen LogP contribution in [0.3, 0.4) is 0 Å². The number of hydrogen-bond donors (Lipinski definition) is 1. The van der Waals surface area contributed by atoms with E-state index in [1.165, 1.54) is 0 Å². The van der Waals surface area contributed by atoms with Gasteiger partial charge >= 0.3 is 0 Å². The molecule has 1 rings (SSSR count). The molecule has 0 saturated heterocycles. The van der Waals surface area contributed by atoms with Crippen LogP contribution in [0.1, 0.15) is 25.3 Å². The van der Waals surface area contributed by atoms with Gasteiger partial charge in [-0.15, -0.1) is 0 Å². The second-order valence-corrected chi connectivity index (χ2v) is 6.26. The zero-order valence-electron chi connectivity index (χ0n) is 10.4. The molecule has 2 unspecified atom stereocenters. The monoisotopic (exact) mass is 273 g/mol. The fourth-order valence-electron chi connectivity index (χ4n) is 1.53. The molecule has 1 aromatic carbocycles. The molecule has 0 fully saturated rings. The van der Waals surface area contributed by atoms with Gasteiger partial charge in [-0.3, -0.25) is 4.21 Å². The van der Waals surface area contributed by atoms with E-state index < -0.39 is 10.8 Å². The molecule has 0 aromatic heterocycles. The van der Waals surface area contributed by atoms with Crippen LogP contribution < -0.4 is 5.32 Å². The van der Waals surface area contributed by atoms with Gasteiger partial charge in [0.1, 0.15) is 0 Å². The van der Waals surface area contributed by atoms with Crippen LogP contribution in [0.15, 0.2) is 24.3 Å². The van der Waals surface area contributed by atoms with Crippen molar-refractivity contribution in [2.24, 2.45) is 0 Å². The molecule has 0 aliphatic carbocycles. The van der Waals surface area contributed by atoms with Crippen molar-refractivity contribution in [2.45, 2.75) is 31.6 Å². The minimum absolute atomic E-state index is 0.502. The predicted molar refractivity (Wildman–Crippen MR) is 75.9 cm³/mol. The van der Waals surface area contributed by atoms with Crippen LogP contribution in [0.5, 0.6) is 0 Å². The Morgan fingerprint density at radius 1 is 1.35 bits per heavy atom. The highest BCUT2D eigenvalue weighted by Gasteiger charge is 2.04. The summed E-state index contributed by atoms with van der Waals surface area (Å²) < 4.78 is 11.8. The lowest BCUT2D eigenvalue weighted by atomic mass is 10.2. The number of rotatable bonds is 7. The smallest absolute Gasteiger partial charge is 0.0485 e. The Balaban J connectivity index is 2.27. The van der Waals surface area contributed by atoms with Crippen LogP contribution in [-0.2, 0) is 16.6 Å². The largest absolute Gasteiger partial charge is 0.317 e. The van der Waals surface area contributed by atoms with Crippen molar-refractivity contribution >= 4 is 22.4 Å². The van der Waals surface area contributed by atoms with Crippen LogP contribution in [0.4, 0.5) is 0 Å². The third-order valence-electron chi connectivity index (χ3n) is 2.74. The minimum Gasteiger partial charge on any atom is -0.317 e. The Bertz CT molecular complexity index is 353. The molecule has 0 amide bonds. The molecule has 0 heterocycles. The highest BCUT2D eigenvalue weighted by Crippen LogP contribution is 2.11. The van der Waals surface area contributed by atoms with Crippen molar-refractivity contribution in [3.63, 3.8) is 0 Å². The lowest BCUT2D eigenvalue weighted by Gasteiger charge is -2.09. The summed E-state index contributed by atoms with van der Waals surface area (Å²) in [6.07, 6.45) is 2.07. The maximum absolute atomic E-state index is 11.8. The molecule has 1 N–H and O–H groups in total. The van der Waals surface area contributed by atoms with Gasteiger partial charge in [0.2, 0.25) is 0 Å². The first-order valence-electron chi connectivity index (χ1n) is 5.88. The third-order valence-corrected chi connectivity index (χ3v) is 4.39. The van der Waals surface area contributed by atoms with Gasteiger partial charge in [-0.1, -0.05) is 23.7 Å². The summed E-state index contributed by atoms with van der Waals surface area (Å²) >= 11 is 5.80. The van der Waals surface area contributed by atoms with Crippen LogP contribution >= 0.6 is 11.6 Å². The summed E-state index contributed by atoms with van der Waals surface area (Å²) in [5.74, 6) is 1.40. The molecular formula is C13H20ClNOS. The van der Waals surface area contributed by atoms with Crippen molar-refractivity contribution in [3.05, 3.63) is 34.9 Å². The first-order chi connectivity index (χ1) is 8.11. The first-order valence-corrected chi connectivity index (χ1v) is 7.75. The van der Waals surface area contributed by atoms with E-state index in [2.05, 4.69) is 12.2 Å². The second-order valence-electron chi connectivity index (χ2n) is 4.25. The van der Waals surface area contributed by atoms with Crippen LogP contribution in [0, 0.1) is 0 Å². The van der Waals surface area contributed by atoms with Crippen molar-refractivity contribution < 1.29 is 4.21 Å². The first kappa shape index (κ1) is 14.7. The highest BCUT2D eigenvalue weighted by atomic mass is 35.5. The molecule has 0 aliphatic rings. The van der Waals surface area contributed by atoms with Gasteiger partial charge in [-0.25, -0.2) is 0 Å². The molecule has 2 atom stereocenters. The number of halogens is 1. The zero-order valence-corrected chi connectivity index (χ0v) is 12.0. The molecule has 2 nitrogen and oxygen atoms in total. The van der Waals surface area contributed by atoms with Crippen molar-refractivity contribution in [3.8, 4) is 0 Å². The van der Waals surface area contributed by atoms with E-state index in [-0.39, 0.29) is 0 Å². The maximum atomic E-state index is 11.8. The fourth-order valence-corrected chi connectivity index (χ4v) is 2.86. The molecule has 1 aromatic rings. The predicted octanol–water partition coefficient (Wildman–Crippen LogP) is 2.98. The van der Waals surface area contributed by atoms with E-state index >= 15 is 0 Å². The second kappa shape index (κ2) is 7.85.